The van der Waals surface area contributed by atoms with Gasteiger partial charge in [0.25, 0.3) is 0 Å². The van der Waals surface area contributed by atoms with Gasteiger partial charge in [-0.25, -0.2) is 13.8 Å². The van der Waals surface area contributed by atoms with Gasteiger partial charge in [0.15, 0.2) is 11.6 Å². The Morgan fingerprint density at radius 1 is 1.08 bits per heavy atom. The lowest BCUT2D eigenvalue weighted by molar-refractivity contribution is 0.504. The molecule has 3 nitrogen and oxygen atoms in total. The van der Waals surface area contributed by atoms with E-state index in [0.717, 1.165) is 12.3 Å². The molecule has 0 saturated carbocycles. The Hall–Kier alpha value is -1.78. The summed E-state index contributed by atoms with van der Waals surface area (Å²) >= 11 is 0. The van der Waals surface area contributed by atoms with Crippen LogP contribution in [0.4, 0.5) is 8.78 Å². The number of hydrogen-bond acceptors (Lipinski definition) is 2. The third-order valence-electron chi connectivity index (χ3n) is 1.13. The number of nitrogens with one attached hydrogen (secondary N) is 1. The lowest BCUT2D eigenvalue weighted by Crippen LogP contribution is -1.81. The number of hydrogen-bond donors (Lipinski definition) is 1. The van der Waals surface area contributed by atoms with Crippen LogP contribution < -0.4 is 0 Å². The Morgan fingerprint density at radius 2 is 1.92 bits per heavy atom. The van der Waals surface area contributed by atoms with E-state index in [2.05, 4.69) is 15.0 Å². The number of halogens is 2. The monoisotopic (exact) mass is 183 g/mol. The van der Waals surface area contributed by atoms with Crippen LogP contribution in [-0.2, 0) is 0 Å². The molecule has 0 aliphatic carbocycles. The molecule has 0 aliphatic rings. The fraction of sp³-hybridized carbons (Fsp3) is 0. The van der Waals surface area contributed by atoms with Crippen molar-refractivity contribution in [3.05, 3.63) is 48.8 Å². The highest BCUT2D eigenvalue weighted by molar-refractivity contribution is 4.96. The molecular formula is C8H7F2N3. The Labute approximate surface area is 73.5 Å². The largest absolute Gasteiger partial charge is 0.351 e. The van der Waals surface area contributed by atoms with Crippen molar-refractivity contribution in [1.29, 1.82) is 0 Å². The van der Waals surface area contributed by atoms with Crippen molar-refractivity contribution in [2.75, 3.05) is 0 Å². The maximum absolute atomic E-state index is 11.9. The molecule has 0 spiro atoms. The van der Waals surface area contributed by atoms with Gasteiger partial charge >= 0.3 is 0 Å². The van der Waals surface area contributed by atoms with Crippen molar-refractivity contribution in [2.45, 2.75) is 0 Å². The molecule has 2 aromatic heterocycles. The molecule has 0 bridgehead atoms. The summed E-state index contributed by atoms with van der Waals surface area (Å²) in [6.07, 6.45) is 7.10. The van der Waals surface area contributed by atoms with E-state index in [4.69, 9.17) is 0 Å². The zero-order valence-electron chi connectivity index (χ0n) is 6.61. The molecule has 68 valence electrons. The smallest absolute Gasteiger partial charge is 0.177 e. The van der Waals surface area contributed by atoms with Gasteiger partial charge in [-0.1, -0.05) is 0 Å². The SMILES string of the molecule is Fc1ccncc1F.c1c[nH]cn1. The summed E-state index contributed by atoms with van der Waals surface area (Å²) in [5.74, 6) is -1.77. The lowest BCUT2D eigenvalue weighted by Gasteiger charge is -1.84. The quantitative estimate of drug-likeness (QED) is 0.676. The van der Waals surface area contributed by atoms with E-state index in [1.807, 2.05) is 0 Å². The second-order valence-electron chi connectivity index (χ2n) is 2.05. The maximum Gasteiger partial charge on any atom is 0.177 e. The first-order valence-electron chi connectivity index (χ1n) is 3.48. The normalized spacial score (nSPS) is 8.77. The molecule has 2 rings (SSSR count). The fourth-order valence-electron chi connectivity index (χ4n) is 0.573. The number of rotatable bonds is 0. The number of H-pyrrole nitrogens is 1. The van der Waals surface area contributed by atoms with Crippen molar-refractivity contribution >= 4 is 0 Å². The fourth-order valence-corrected chi connectivity index (χ4v) is 0.573. The molecule has 0 unspecified atom stereocenters. The number of pyridine rings is 1. The first-order chi connectivity index (χ1) is 6.30. The molecule has 2 heterocycles. The van der Waals surface area contributed by atoms with Gasteiger partial charge in [-0.05, 0) is 6.07 Å². The first kappa shape index (κ1) is 9.31. The van der Waals surface area contributed by atoms with Crippen molar-refractivity contribution in [3.8, 4) is 0 Å². The first-order valence-corrected chi connectivity index (χ1v) is 3.48. The van der Waals surface area contributed by atoms with Crippen LogP contribution in [0.25, 0.3) is 0 Å². The Balaban J connectivity index is 0.000000145. The van der Waals surface area contributed by atoms with Gasteiger partial charge in [-0.15, -0.1) is 0 Å². The highest BCUT2D eigenvalue weighted by Gasteiger charge is 1.94. The van der Waals surface area contributed by atoms with E-state index in [1.54, 1.807) is 18.7 Å². The second-order valence-corrected chi connectivity index (χ2v) is 2.05. The van der Waals surface area contributed by atoms with Gasteiger partial charge in [0.05, 0.1) is 12.5 Å². The van der Waals surface area contributed by atoms with E-state index < -0.39 is 11.6 Å². The summed E-state index contributed by atoms with van der Waals surface area (Å²) < 4.78 is 23.8. The molecule has 13 heavy (non-hydrogen) atoms. The van der Waals surface area contributed by atoms with Crippen LogP contribution >= 0.6 is 0 Å². The molecule has 0 amide bonds. The van der Waals surface area contributed by atoms with Crippen LogP contribution in [0.3, 0.4) is 0 Å². The predicted molar refractivity (Wildman–Crippen MR) is 42.7 cm³/mol. The molecule has 0 atom stereocenters. The molecule has 5 heteroatoms. The molecule has 0 radical (unpaired) electrons. The maximum atomic E-state index is 11.9. The van der Waals surface area contributed by atoms with E-state index >= 15 is 0 Å². The third-order valence-corrected chi connectivity index (χ3v) is 1.13. The Bertz CT molecular complexity index is 297. The molecule has 1 N–H and O–H groups in total. The van der Waals surface area contributed by atoms with E-state index in [-0.39, 0.29) is 0 Å². The Kier molecular flexibility index (Phi) is 3.56. The topological polar surface area (TPSA) is 41.6 Å². The molecule has 0 aliphatic heterocycles. The van der Waals surface area contributed by atoms with E-state index in [0.29, 0.717) is 0 Å². The number of nitrogens with zero attached hydrogens (tertiary/aromatic N) is 2. The highest BCUT2D eigenvalue weighted by atomic mass is 19.2. The third kappa shape index (κ3) is 3.42. The van der Waals surface area contributed by atoms with Crippen molar-refractivity contribution in [3.63, 3.8) is 0 Å². The summed E-state index contributed by atoms with van der Waals surface area (Å²) in [5.41, 5.74) is 0. The van der Waals surface area contributed by atoms with Crippen molar-refractivity contribution < 1.29 is 8.78 Å². The predicted octanol–water partition coefficient (Wildman–Crippen LogP) is 1.77. The average Bonchev–Trinajstić information content (AvgIpc) is 2.68. The minimum absolute atomic E-state index is 0.829. The van der Waals surface area contributed by atoms with Crippen molar-refractivity contribution in [1.82, 2.24) is 15.0 Å². The average molecular weight is 183 g/mol. The zero-order valence-corrected chi connectivity index (χ0v) is 6.61. The molecule has 2 aromatic rings. The van der Waals surface area contributed by atoms with Crippen LogP contribution in [0.5, 0.6) is 0 Å². The molecule has 0 aromatic carbocycles. The second kappa shape index (κ2) is 4.97. The van der Waals surface area contributed by atoms with Gasteiger partial charge in [0.1, 0.15) is 0 Å². The van der Waals surface area contributed by atoms with Crippen LogP contribution in [0, 0.1) is 11.6 Å². The molecule has 0 fully saturated rings. The minimum Gasteiger partial charge on any atom is -0.351 e. The number of aromatic nitrogens is 3. The van der Waals surface area contributed by atoms with Gasteiger partial charge in [0.2, 0.25) is 0 Å². The number of aromatic amines is 1. The van der Waals surface area contributed by atoms with Gasteiger partial charge in [-0.2, -0.15) is 0 Å². The Morgan fingerprint density at radius 3 is 2.23 bits per heavy atom. The summed E-state index contributed by atoms with van der Waals surface area (Å²) in [5, 5.41) is 0. The zero-order chi connectivity index (χ0) is 9.52. The van der Waals surface area contributed by atoms with Crippen molar-refractivity contribution in [2.24, 2.45) is 0 Å². The highest BCUT2D eigenvalue weighted by Crippen LogP contribution is 1.98. The van der Waals surface area contributed by atoms with Crippen LogP contribution in [0.1, 0.15) is 0 Å². The van der Waals surface area contributed by atoms with Crippen LogP contribution in [0.15, 0.2) is 37.2 Å². The minimum atomic E-state index is -0.910. The van der Waals surface area contributed by atoms with E-state index in [9.17, 15) is 8.78 Å². The van der Waals surface area contributed by atoms with E-state index in [1.165, 1.54) is 6.20 Å². The number of imidazole rings is 1. The summed E-state index contributed by atoms with van der Waals surface area (Å²) in [6.45, 7) is 0. The molecular weight excluding hydrogens is 176 g/mol. The summed E-state index contributed by atoms with van der Waals surface area (Å²) in [4.78, 5) is 9.75. The van der Waals surface area contributed by atoms with Gasteiger partial charge in [0, 0.05) is 18.6 Å². The summed E-state index contributed by atoms with van der Waals surface area (Å²) in [7, 11) is 0. The summed E-state index contributed by atoms with van der Waals surface area (Å²) in [6, 6.07) is 0.968. The van der Waals surface area contributed by atoms with Crippen LogP contribution in [0.2, 0.25) is 0 Å². The standard InChI is InChI=1S/C5H3F2N.C3H4N2/c6-4-1-2-8-3-5(4)7;1-2-5-3-4-1/h1-3H;1-3H,(H,4,5). The lowest BCUT2D eigenvalue weighted by atomic mass is 10.5. The molecule has 0 saturated heterocycles. The van der Waals surface area contributed by atoms with Gasteiger partial charge < -0.3 is 4.98 Å². The van der Waals surface area contributed by atoms with Gasteiger partial charge in [-0.3, -0.25) is 4.98 Å². The van der Waals surface area contributed by atoms with Crippen LogP contribution in [-0.4, -0.2) is 15.0 Å².